The second-order valence-electron chi connectivity index (χ2n) is 7.39. The number of hydrogen-bond acceptors (Lipinski definition) is 5. The first kappa shape index (κ1) is 22.0. The third-order valence-electron chi connectivity index (χ3n) is 4.59. The first-order valence-corrected chi connectivity index (χ1v) is 10.3. The highest BCUT2D eigenvalue weighted by Crippen LogP contribution is 2.17. The minimum Gasteiger partial charge on any atom is -0.370 e. The van der Waals surface area contributed by atoms with Crippen molar-refractivity contribution in [2.45, 2.75) is 33.6 Å². The topological polar surface area (TPSA) is 96.0 Å². The molecule has 0 saturated carbocycles. The van der Waals surface area contributed by atoms with Crippen molar-refractivity contribution in [3.8, 4) is 0 Å². The fraction of sp³-hybridized carbons (Fsp3) is 0.250. The number of nitrogens with one attached hydrogen (secondary N) is 3. The second-order valence-corrected chi connectivity index (χ2v) is 7.39. The predicted octanol–water partition coefficient (Wildman–Crippen LogP) is 4.81. The van der Waals surface area contributed by atoms with Gasteiger partial charge in [0, 0.05) is 23.7 Å². The maximum absolute atomic E-state index is 12.7. The van der Waals surface area contributed by atoms with Gasteiger partial charge in [-0.2, -0.15) is 9.97 Å². The Balaban J connectivity index is 1.83. The molecule has 0 saturated heterocycles. The van der Waals surface area contributed by atoms with Crippen molar-refractivity contribution in [3.63, 3.8) is 0 Å². The number of rotatable bonds is 8. The van der Waals surface area contributed by atoms with E-state index in [9.17, 15) is 9.59 Å². The van der Waals surface area contributed by atoms with Gasteiger partial charge in [0.15, 0.2) is 0 Å². The van der Waals surface area contributed by atoms with E-state index in [0.29, 0.717) is 22.8 Å². The smallest absolute Gasteiger partial charge is 0.258 e. The molecule has 0 aliphatic heterocycles. The van der Waals surface area contributed by atoms with Crippen LogP contribution in [0, 0.1) is 13.8 Å². The summed E-state index contributed by atoms with van der Waals surface area (Å²) in [7, 11) is 0. The second kappa shape index (κ2) is 10.3. The molecule has 3 N–H and O–H groups in total. The Morgan fingerprint density at radius 1 is 0.806 bits per heavy atom. The first-order chi connectivity index (χ1) is 14.9. The molecule has 0 radical (unpaired) electrons. The molecule has 3 rings (SSSR count). The van der Waals surface area contributed by atoms with Gasteiger partial charge in [-0.1, -0.05) is 48.7 Å². The Bertz CT molecular complexity index is 1000. The van der Waals surface area contributed by atoms with Crippen molar-refractivity contribution in [3.05, 3.63) is 76.9 Å². The normalized spacial score (nSPS) is 10.4. The Hall–Kier alpha value is -3.74. The molecule has 7 nitrogen and oxygen atoms in total. The largest absolute Gasteiger partial charge is 0.370 e. The maximum Gasteiger partial charge on any atom is 0.258 e. The van der Waals surface area contributed by atoms with Crippen LogP contribution in [0.15, 0.2) is 54.6 Å². The summed E-state index contributed by atoms with van der Waals surface area (Å²) in [5.74, 6) is 0.360. The number of carbonyl (C=O) groups excluding carboxylic acids is 2. The van der Waals surface area contributed by atoms with Gasteiger partial charge in [0.25, 0.3) is 11.8 Å². The fourth-order valence-electron chi connectivity index (χ4n) is 2.99. The van der Waals surface area contributed by atoms with Gasteiger partial charge in [0.2, 0.25) is 5.95 Å². The van der Waals surface area contributed by atoms with Crippen LogP contribution in [0.2, 0.25) is 0 Å². The number of unbranched alkanes of at least 4 members (excludes halogenated alkanes) is 1. The van der Waals surface area contributed by atoms with Crippen LogP contribution in [-0.4, -0.2) is 28.3 Å². The average molecular weight is 418 g/mol. The molecule has 7 heteroatoms. The first-order valence-electron chi connectivity index (χ1n) is 10.3. The molecule has 0 aliphatic rings. The van der Waals surface area contributed by atoms with E-state index in [0.717, 1.165) is 30.5 Å². The molecule has 0 aliphatic carbocycles. The molecular weight excluding hydrogens is 390 g/mol. The summed E-state index contributed by atoms with van der Waals surface area (Å²) in [6, 6.07) is 16.2. The standard InChI is InChI=1S/C24H27N5O2/c1-4-5-12-25-20-15-21(26-22(30)18-10-6-8-16(2)13-18)28-24(27-20)29-23(31)19-11-7-9-17(3)14-19/h6-11,13-15H,4-5,12H2,1-3H3,(H3,25,26,27,28,29,30,31). The van der Waals surface area contributed by atoms with Crippen molar-refractivity contribution in [1.82, 2.24) is 9.97 Å². The number of benzene rings is 2. The van der Waals surface area contributed by atoms with E-state index in [4.69, 9.17) is 0 Å². The van der Waals surface area contributed by atoms with E-state index >= 15 is 0 Å². The van der Waals surface area contributed by atoms with Crippen LogP contribution < -0.4 is 16.0 Å². The molecular formula is C24H27N5O2. The lowest BCUT2D eigenvalue weighted by molar-refractivity contribution is 0.101. The summed E-state index contributed by atoms with van der Waals surface area (Å²) >= 11 is 0. The van der Waals surface area contributed by atoms with Gasteiger partial charge in [-0.25, -0.2) is 0 Å². The zero-order valence-electron chi connectivity index (χ0n) is 18.0. The fourth-order valence-corrected chi connectivity index (χ4v) is 2.99. The zero-order chi connectivity index (χ0) is 22.2. The monoisotopic (exact) mass is 417 g/mol. The molecule has 2 aromatic carbocycles. The average Bonchev–Trinajstić information content (AvgIpc) is 2.74. The van der Waals surface area contributed by atoms with Gasteiger partial charge in [0.1, 0.15) is 11.6 Å². The molecule has 0 fully saturated rings. The van der Waals surface area contributed by atoms with Crippen molar-refractivity contribution in [2.75, 3.05) is 22.5 Å². The molecule has 31 heavy (non-hydrogen) atoms. The van der Waals surface area contributed by atoms with E-state index in [1.54, 1.807) is 30.3 Å². The van der Waals surface area contributed by atoms with Crippen LogP contribution in [0.5, 0.6) is 0 Å². The third-order valence-corrected chi connectivity index (χ3v) is 4.59. The number of carbonyl (C=O) groups is 2. The lowest BCUT2D eigenvalue weighted by Gasteiger charge is -2.12. The molecule has 1 heterocycles. The summed E-state index contributed by atoms with van der Waals surface area (Å²) in [5.41, 5.74) is 3.01. The summed E-state index contributed by atoms with van der Waals surface area (Å²) in [6.07, 6.45) is 2.01. The van der Waals surface area contributed by atoms with Gasteiger partial charge in [-0.05, 0) is 44.5 Å². The summed E-state index contributed by atoms with van der Waals surface area (Å²) in [4.78, 5) is 34.0. The summed E-state index contributed by atoms with van der Waals surface area (Å²) in [6.45, 7) is 6.67. The number of hydrogen-bond donors (Lipinski definition) is 3. The molecule has 0 spiro atoms. The highest BCUT2D eigenvalue weighted by molar-refractivity contribution is 6.05. The van der Waals surface area contributed by atoms with Gasteiger partial charge in [0.05, 0.1) is 0 Å². The lowest BCUT2D eigenvalue weighted by Crippen LogP contribution is -2.18. The van der Waals surface area contributed by atoms with E-state index in [2.05, 4.69) is 32.8 Å². The van der Waals surface area contributed by atoms with E-state index in [-0.39, 0.29) is 17.8 Å². The number of nitrogens with zero attached hydrogens (tertiary/aromatic N) is 2. The molecule has 0 atom stereocenters. The third kappa shape index (κ3) is 6.37. The van der Waals surface area contributed by atoms with E-state index < -0.39 is 0 Å². The number of aryl methyl sites for hydroxylation is 2. The number of aromatic nitrogens is 2. The maximum atomic E-state index is 12.7. The minimum absolute atomic E-state index is 0.118. The Morgan fingerprint density at radius 2 is 1.39 bits per heavy atom. The Labute approximate surface area is 182 Å². The predicted molar refractivity (Wildman–Crippen MR) is 124 cm³/mol. The van der Waals surface area contributed by atoms with Crippen molar-refractivity contribution < 1.29 is 9.59 Å². The molecule has 1 aromatic heterocycles. The Morgan fingerprint density at radius 3 is 1.97 bits per heavy atom. The highest BCUT2D eigenvalue weighted by atomic mass is 16.2. The van der Waals surface area contributed by atoms with Crippen molar-refractivity contribution in [1.29, 1.82) is 0 Å². The molecule has 160 valence electrons. The summed E-state index contributed by atoms with van der Waals surface area (Å²) in [5, 5.41) is 8.74. The molecule has 3 aromatic rings. The van der Waals surface area contributed by atoms with Crippen LogP contribution in [0.25, 0.3) is 0 Å². The van der Waals surface area contributed by atoms with Gasteiger partial charge >= 0.3 is 0 Å². The molecule has 0 bridgehead atoms. The van der Waals surface area contributed by atoms with Crippen LogP contribution in [0.1, 0.15) is 51.6 Å². The molecule has 0 unspecified atom stereocenters. The van der Waals surface area contributed by atoms with Gasteiger partial charge in [-0.3, -0.25) is 14.9 Å². The van der Waals surface area contributed by atoms with Crippen LogP contribution >= 0.6 is 0 Å². The van der Waals surface area contributed by atoms with E-state index in [1.165, 1.54) is 0 Å². The minimum atomic E-state index is -0.314. The lowest BCUT2D eigenvalue weighted by atomic mass is 10.1. The van der Waals surface area contributed by atoms with Gasteiger partial charge < -0.3 is 10.6 Å². The molecule has 2 amide bonds. The quantitative estimate of drug-likeness (QED) is 0.457. The number of anilines is 3. The van der Waals surface area contributed by atoms with Crippen molar-refractivity contribution in [2.24, 2.45) is 0 Å². The van der Waals surface area contributed by atoms with E-state index in [1.807, 2.05) is 38.1 Å². The van der Waals surface area contributed by atoms with Crippen LogP contribution in [-0.2, 0) is 0 Å². The van der Waals surface area contributed by atoms with Crippen LogP contribution in [0.4, 0.5) is 17.6 Å². The van der Waals surface area contributed by atoms with Gasteiger partial charge in [-0.15, -0.1) is 0 Å². The van der Waals surface area contributed by atoms with Crippen molar-refractivity contribution >= 4 is 29.4 Å². The Kier molecular flexibility index (Phi) is 7.32. The number of amides is 2. The SMILES string of the molecule is CCCCNc1cc(NC(=O)c2cccc(C)c2)nc(NC(=O)c2cccc(C)c2)n1. The van der Waals surface area contributed by atoms with Crippen LogP contribution in [0.3, 0.4) is 0 Å². The zero-order valence-corrected chi connectivity index (χ0v) is 18.0. The summed E-state index contributed by atoms with van der Waals surface area (Å²) < 4.78 is 0. The highest BCUT2D eigenvalue weighted by Gasteiger charge is 2.13.